The first-order valence-corrected chi connectivity index (χ1v) is 8.69. The predicted molar refractivity (Wildman–Crippen MR) is 109 cm³/mol. The summed E-state index contributed by atoms with van der Waals surface area (Å²) >= 11 is 0. The summed E-state index contributed by atoms with van der Waals surface area (Å²) < 4.78 is 16.2. The molecule has 0 unspecified atom stereocenters. The Morgan fingerprint density at radius 2 is 1.68 bits per heavy atom. The van der Waals surface area contributed by atoms with Crippen LogP contribution < -0.4 is 19.5 Å². The third kappa shape index (κ3) is 3.29. The first-order chi connectivity index (χ1) is 13.7. The molecule has 0 atom stereocenters. The maximum atomic E-state index is 5.40. The summed E-state index contributed by atoms with van der Waals surface area (Å²) in [6, 6.07) is 13.5. The molecule has 4 rings (SSSR count). The molecule has 0 bridgehead atoms. The number of methoxy groups -OCH3 is 3. The van der Waals surface area contributed by atoms with Crippen molar-refractivity contribution < 1.29 is 14.2 Å². The Bertz CT molecular complexity index is 1080. The second-order valence-electron chi connectivity index (χ2n) is 6.09. The van der Waals surface area contributed by atoms with E-state index in [1.165, 1.54) is 0 Å². The van der Waals surface area contributed by atoms with Gasteiger partial charge in [-0.1, -0.05) is 6.07 Å². The molecule has 7 nitrogen and oxygen atoms in total. The van der Waals surface area contributed by atoms with Gasteiger partial charge in [0.15, 0.2) is 11.5 Å². The van der Waals surface area contributed by atoms with E-state index in [9.17, 15) is 0 Å². The third-order valence-corrected chi connectivity index (χ3v) is 4.38. The minimum absolute atomic E-state index is 0.545. The number of H-pyrrole nitrogens is 1. The fourth-order valence-corrected chi connectivity index (χ4v) is 3.06. The Labute approximate surface area is 162 Å². The Morgan fingerprint density at radius 3 is 2.32 bits per heavy atom. The van der Waals surface area contributed by atoms with Crippen LogP contribution in [-0.2, 0) is 0 Å². The van der Waals surface area contributed by atoms with E-state index in [1.54, 1.807) is 27.5 Å². The Morgan fingerprint density at radius 1 is 0.893 bits per heavy atom. The van der Waals surface area contributed by atoms with Crippen molar-refractivity contribution in [1.29, 1.82) is 0 Å². The van der Waals surface area contributed by atoms with E-state index >= 15 is 0 Å². The van der Waals surface area contributed by atoms with Crippen molar-refractivity contribution in [3.63, 3.8) is 0 Å². The molecule has 0 fully saturated rings. The number of anilines is 2. The molecule has 0 aliphatic rings. The van der Waals surface area contributed by atoms with Crippen LogP contribution in [0.25, 0.3) is 22.3 Å². The van der Waals surface area contributed by atoms with Crippen LogP contribution in [0.15, 0.2) is 54.9 Å². The molecule has 2 N–H and O–H groups in total. The van der Waals surface area contributed by atoms with Crippen LogP contribution in [0, 0.1) is 0 Å². The van der Waals surface area contributed by atoms with Gasteiger partial charge in [-0.3, -0.25) is 4.98 Å². The number of aromatic amines is 1. The number of pyridine rings is 2. The smallest absolute Gasteiger partial charge is 0.203 e. The molecule has 28 heavy (non-hydrogen) atoms. The van der Waals surface area contributed by atoms with Crippen molar-refractivity contribution in [2.24, 2.45) is 0 Å². The number of hydrogen-bond donors (Lipinski definition) is 2. The van der Waals surface area contributed by atoms with Gasteiger partial charge in [0.05, 0.1) is 38.2 Å². The van der Waals surface area contributed by atoms with Gasteiger partial charge >= 0.3 is 0 Å². The molecule has 0 aliphatic carbocycles. The summed E-state index contributed by atoms with van der Waals surface area (Å²) in [6.07, 6.45) is 3.59. The molecule has 4 aromatic rings. The molecule has 0 radical (unpaired) electrons. The number of fused-ring (bicyclic) bond motifs is 1. The average molecular weight is 376 g/mol. The summed E-state index contributed by atoms with van der Waals surface area (Å²) in [7, 11) is 4.75. The maximum Gasteiger partial charge on any atom is 0.203 e. The van der Waals surface area contributed by atoms with Crippen molar-refractivity contribution in [3.8, 4) is 28.6 Å². The van der Waals surface area contributed by atoms with Gasteiger partial charge in [-0.25, -0.2) is 4.98 Å². The van der Waals surface area contributed by atoms with Crippen molar-refractivity contribution >= 4 is 22.4 Å². The number of nitrogens with zero attached hydrogens (tertiary/aromatic N) is 2. The molecule has 7 heteroatoms. The molecule has 0 saturated heterocycles. The van der Waals surface area contributed by atoms with Crippen LogP contribution in [0.5, 0.6) is 17.2 Å². The Hall–Kier alpha value is -3.74. The van der Waals surface area contributed by atoms with E-state index in [2.05, 4.69) is 20.3 Å². The molecule has 3 heterocycles. The second kappa shape index (κ2) is 7.48. The average Bonchev–Trinajstić information content (AvgIpc) is 3.17. The van der Waals surface area contributed by atoms with Crippen molar-refractivity contribution in [2.45, 2.75) is 0 Å². The van der Waals surface area contributed by atoms with Gasteiger partial charge in [0.25, 0.3) is 0 Å². The van der Waals surface area contributed by atoms with Gasteiger partial charge in [-0.05, 0) is 18.2 Å². The Balaban J connectivity index is 1.67. The highest BCUT2D eigenvalue weighted by atomic mass is 16.5. The van der Waals surface area contributed by atoms with Crippen LogP contribution in [0.3, 0.4) is 0 Å². The first kappa shape index (κ1) is 17.7. The lowest BCUT2D eigenvalue weighted by atomic mass is 10.2. The number of nitrogens with one attached hydrogen (secondary N) is 2. The van der Waals surface area contributed by atoms with Gasteiger partial charge in [-0.15, -0.1) is 0 Å². The zero-order chi connectivity index (χ0) is 19.5. The van der Waals surface area contributed by atoms with Crippen molar-refractivity contribution in [1.82, 2.24) is 15.0 Å². The molecule has 0 saturated carbocycles. The summed E-state index contributed by atoms with van der Waals surface area (Å²) in [6.45, 7) is 0. The molecule has 0 amide bonds. The van der Waals surface area contributed by atoms with Gasteiger partial charge in [0.1, 0.15) is 5.82 Å². The van der Waals surface area contributed by atoms with Crippen molar-refractivity contribution in [3.05, 3.63) is 54.9 Å². The van der Waals surface area contributed by atoms with Crippen molar-refractivity contribution in [2.75, 3.05) is 26.6 Å². The molecule has 0 spiro atoms. The molecule has 142 valence electrons. The minimum Gasteiger partial charge on any atom is -0.493 e. The summed E-state index contributed by atoms with van der Waals surface area (Å²) in [4.78, 5) is 12.3. The molecular weight excluding hydrogens is 356 g/mol. The zero-order valence-corrected chi connectivity index (χ0v) is 15.8. The molecule has 0 aliphatic heterocycles. The van der Waals surface area contributed by atoms with Crippen LogP contribution in [0.2, 0.25) is 0 Å². The van der Waals surface area contributed by atoms with Gasteiger partial charge in [-0.2, -0.15) is 0 Å². The van der Waals surface area contributed by atoms with Crippen LogP contribution in [-0.4, -0.2) is 36.3 Å². The second-order valence-corrected chi connectivity index (χ2v) is 6.09. The summed E-state index contributed by atoms with van der Waals surface area (Å²) in [5.74, 6) is 2.38. The van der Waals surface area contributed by atoms with E-state index in [-0.39, 0.29) is 0 Å². The third-order valence-electron chi connectivity index (χ3n) is 4.38. The highest BCUT2D eigenvalue weighted by Crippen LogP contribution is 2.40. The first-order valence-electron chi connectivity index (χ1n) is 8.69. The normalized spacial score (nSPS) is 10.7. The lowest BCUT2D eigenvalue weighted by Gasteiger charge is -2.14. The van der Waals surface area contributed by atoms with Gasteiger partial charge in [0.2, 0.25) is 5.75 Å². The lowest BCUT2D eigenvalue weighted by Crippen LogP contribution is -1.98. The van der Waals surface area contributed by atoms with Crippen LogP contribution >= 0.6 is 0 Å². The fraction of sp³-hybridized carbons (Fsp3) is 0.143. The molecule has 1 aromatic carbocycles. The number of aromatic nitrogens is 3. The number of benzene rings is 1. The van der Waals surface area contributed by atoms with E-state index in [0.717, 1.165) is 28.0 Å². The van der Waals surface area contributed by atoms with E-state index < -0.39 is 0 Å². The molecule has 3 aromatic heterocycles. The minimum atomic E-state index is 0.545. The standard InChI is InChI=1S/C21H20N4O3/c1-26-18-9-14(10-19(27-2)21(18)28-3)24-20-11-16-13(12-23-20)8-17(25-16)15-6-4-5-7-22-15/h4-12,25H,1-3H3,(H,23,24). The predicted octanol–water partition coefficient (Wildman–Crippen LogP) is 4.39. The van der Waals surface area contributed by atoms with E-state index in [4.69, 9.17) is 14.2 Å². The lowest BCUT2D eigenvalue weighted by molar-refractivity contribution is 0.324. The summed E-state index contributed by atoms with van der Waals surface area (Å²) in [5, 5.41) is 4.29. The number of rotatable bonds is 6. The van der Waals surface area contributed by atoms with Crippen LogP contribution in [0.1, 0.15) is 0 Å². The topological polar surface area (TPSA) is 81.3 Å². The van der Waals surface area contributed by atoms with Gasteiger partial charge in [0, 0.05) is 41.7 Å². The zero-order valence-electron chi connectivity index (χ0n) is 15.8. The largest absolute Gasteiger partial charge is 0.493 e. The number of hydrogen-bond acceptors (Lipinski definition) is 6. The molecular formula is C21H20N4O3. The fourth-order valence-electron chi connectivity index (χ4n) is 3.06. The quantitative estimate of drug-likeness (QED) is 0.519. The summed E-state index contributed by atoms with van der Waals surface area (Å²) in [5.41, 5.74) is 3.57. The number of ether oxygens (including phenoxy) is 3. The maximum absolute atomic E-state index is 5.40. The van der Waals surface area contributed by atoms with Gasteiger partial charge < -0.3 is 24.5 Å². The SMILES string of the molecule is COc1cc(Nc2cc3[nH]c(-c4ccccn4)cc3cn2)cc(OC)c1OC. The highest BCUT2D eigenvalue weighted by molar-refractivity contribution is 5.86. The van der Waals surface area contributed by atoms with Crippen LogP contribution in [0.4, 0.5) is 11.5 Å². The Kier molecular flexibility index (Phi) is 4.72. The highest BCUT2D eigenvalue weighted by Gasteiger charge is 2.14. The van der Waals surface area contributed by atoms with E-state index in [1.807, 2.05) is 48.7 Å². The van der Waals surface area contributed by atoms with E-state index in [0.29, 0.717) is 23.1 Å². The monoisotopic (exact) mass is 376 g/mol.